The predicted molar refractivity (Wildman–Crippen MR) is 148 cm³/mol. The molecule has 2 aliphatic heterocycles. The molecule has 40 heavy (non-hydrogen) atoms. The molecule has 4 atom stereocenters. The first kappa shape index (κ1) is 24.0. The van der Waals surface area contributed by atoms with Crippen LogP contribution in [-0.4, -0.2) is 22.7 Å². The van der Waals surface area contributed by atoms with Crippen LogP contribution in [0.5, 0.6) is 5.75 Å². The second-order valence-corrected chi connectivity index (χ2v) is 10.4. The molecule has 7 rings (SSSR count). The average Bonchev–Trinajstić information content (AvgIpc) is 3.22. The molecule has 8 heteroatoms. The molecule has 196 valence electrons. The van der Waals surface area contributed by atoms with Gasteiger partial charge in [0.05, 0.1) is 28.4 Å². The summed E-state index contributed by atoms with van der Waals surface area (Å²) in [6, 6.07) is 25.0. The zero-order valence-electron chi connectivity index (χ0n) is 21.3. The number of nitro benzene ring substituents is 1. The minimum atomic E-state index is -1.02. The maximum Gasteiger partial charge on any atom is 0.319 e. The number of nitrogens with zero attached hydrogens (tertiary/aromatic N) is 2. The van der Waals surface area contributed by atoms with Gasteiger partial charge in [0.25, 0.3) is 5.69 Å². The molecule has 1 fully saturated rings. The lowest BCUT2D eigenvalue weighted by atomic mass is 9.64. The average molecular weight is 531 g/mol. The summed E-state index contributed by atoms with van der Waals surface area (Å²) in [7, 11) is 0. The number of hydrogen-bond donors (Lipinski definition) is 0. The van der Waals surface area contributed by atoms with Gasteiger partial charge in [-0.3, -0.25) is 24.5 Å². The SMILES string of the molecule is Cc1ccc([N+](=O)[O-])cc1N1C(=O)[C@@H]2[C@@H]3C(=O)Oc4c(ccc5ccccc45)C3=C[C@@H](c3ccccc3)[C@@H]2C1=O. The highest BCUT2D eigenvalue weighted by Gasteiger charge is 2.60. The Morgan fingerprint density at radius 2 is 1.57 bits per heavy atom. The van der Waals surface area contributed by atoms with Gasteiger partial charge in [0.1, 0.15) is 5.75 Å². The van der Waals surface area contributed by atoms with Gasteiger partial charge >= 0.3 is 5.97 Å². The summed E-state index contributed by atoms with van der Waals surface area (Å²) in [6.07, 6.45) is 1.93. The van der Waals surface area contributed by atoms with E-state index >= 15 is 0 Å². The highest BCUT2D eigenvalue weighted by molar-refractivity contribution is 6.25. The number of hydrogen-bond acceptors (Lipinski definition) is 6. The summed E-state index contributed by atoms with van der Waals surface area (Å²) in [5.74, 6) is -4.58. The van der Waals surface area contributed by atoms with Crippen molar-refractivity contribution in [3.05, 3.63) is 118 Å². The number of esters is 1. The Hall–Kier alpha value is -5.11. The van der Waals surface area contributed by atoms with Gasteiger partial charge in [0.2, 0.25) is 11.8 Å². The minimum absolute atomic E-state index is 0.155. The van der Waals surface area contributed by atoms with Crippen LogP contribution < -0.4 is 9.64 Å². The number of benzene rings is 4. The van der Waals surface area contributed by atoms with E-state index in [0.717, 1.165) is 21.2 Å². The van der Waals surface area contributed by atoms with Crippen LogP contribution >= 0.6 is 0 Å². The molecule has 0 bridgehead atoms. The Labute approximate surface area is 228 Å². The molecule has 0 aromatic heterocycles. The van der Waals surface area contributed by atoms with Gasteiger partial charge in [-0.1, -0.05) is 78.9 Å². The Bertz CT molecular complexity index is 1810. The van der Waals surface area contributed by atoms with Crippen molar-refractivity contribution in [1.82, 2.24) is 0 Å². The molecule has 8 nitrogen and oxygen atoms in total. The van der Waals surface area contributed by atoms with Gasteiger partial charge in [-0.25, -0.2) is 4.90 Å². The van der Waals surface area contributed by atoms with Crippen LogP contribution in [-0.2, 0) is 14.4 Å². The maximum atomic E-state index is 14.2. The Morgan fingerprint density at radius 1 is 0.850 bits per heavy atom. The molecule has 0 unspecified atom stereocenters. The van der Waals surface area contributed by atoms with Gasteiger partial charge < -0.3 is 4.74 Å². The molecular formula is C32H22N2O6. The summed E-state index contributed by atoms with van der Waals surface area (Å²) in [4.78, 5) is 54.0. The standard InChI is InChI=1S/C32H22N2O6/c1-17-11-13-20(34(38)39)15-25(17)33-30(35)26-23(18-7-3-2-4-8-18)16-24-22-14-12-19-9-5-6-10-21(19)29(22)40-32(37)27(24)28(26)31(33)36/h2-16,23,26-28H,1H3/t23-,26-,27+,28-/m0/s1. The Balaban J connectivity index is 1.44. The van der Waals surface area contributed by atoms with Crippen LogP contribution in [0.25, 0.3) is 16.3 Å². The molecule has 0 saturated carbocycles. The lowest BCUT2D eigenvalue weighted by molar-refractivity contribution is -0.384. The fourth-order valence-corrected chi connectivity index (χ4v) is 6.48. The molecule has 0 N–H and O–H groups in total. The number of amides is 2. The number of imide groups is 1. The number of rotatable bonds is 3. The van der Waals surface area contributed by atoms with Gasteiger partial charge in [-0.15, -0.1) is 0 Å². The quantitative estimate of drug-likeness (QED) is 0.113. The molecule has 4 aromatic carbocycles. The van der Waals surface area contributed by atoms with Crippen molar-refractivity contribution in [3.8, 4) is 5.75 Å². The van der Waals surface area contributed by atoms with E-state index in [4.69, 9.17) is 4.74 Å². The third-order valence-electron chi connectivity index (χ3n) is 8.31. The van der Waals surface area contributed by atoms with Crippen molar-refractivity contribution in [3.63, 3.8) is 0 Å². The number of aryl methyl sites for hydroxylation is 1. The smallest absolute Gasteiger partial charge is 0.319 e. The number of carbonyl (C=O) groups is 3. The summed E-state index contributed by atoms with van der Waals surface area (Å²) < 4.78 is 5.91. The first-order chi connectivity index (χ1) is 19.3. The summed E-state index contributed by atoms with van der Waals surface area (Å²) in [5.41, 5.74) is 2.68. The number of anilines is 1. The topological polar surface area (TPSA) is 107 Å². The van der Waals surface area contributed by atoms with Gasteiger partial charge in [-0.05, 0) is 29.0 Å². The van der Waals surface area contributed by atoms with Crippen molar-refractivity contribution in [2.45, 2.75) is 12.8 Å². The fraction of sp³-hybridized carbons (Fsp3) is 0.156. The van der Waals surface area contributed by atoms with E-state index < -0.39 is 46.4 Å². The number of nitro groups is 1. The first-order valence-electron chi connectivity index (χ1n) is 13.0. The highest BCUT2D eigenvalue weighted by atomic mass is 16.6. The van der Waals surface area contributed by atoms with E-state index in [0.29, 0.717) is 22.4 Å². The molecule has 2 heterocycles. The molecule has 0 radical (unpaired) electrons. The van der Waals surface area contributed by atoms with Crippen LogP contribution in [0.4, 0.5) is 11.4 Å². The number of allylic oxidation sites excluding steroid dienone is 1. The lowest BCUT2D eigenvalue weighted by Gasteiger charge is -2.38. The van der Waals surface area contributed by atoms with Gasteiger partial charge in [-0.2, -0.15) is 0 Å². The molecule has 1 saturated heterocycles. The zero-order valence-corrected chi connectivity index (χ0v) is 21.3. The fourth-order valence-electron chi connectivity index (χ4n) is 6.48. The van der Waals surface area contributed by atoms with E-state index in [1.54, 1.807) is 6.92 Å². The second-order valence-electron chi connectivity index (χ2n) is 10.4. The van der Waals surface area contributed by atoms with Crippen molar-refractivity contribution in [2.75, 3.05) is 4.90 Å². The van der Waals surface area contributed by atoms with Crippen LogP contribution in [0.1, 0.15) is 22.6 Å². The normalized spacial score (nSPS) is 23.3. The number of ether oxygens (including phenoxy) is 1. The van der Waals surface area contributed by atoms with Crippen LogP contribution in [0.2, 0.25) is 0 Å². The molecule has 1 aliphatic carbocycles. The molecular weight excluding hydrogens is 508 g/mol. The van der Waals surface area contributed by atoms with E-state index in [1.165, 1.54) is 18.2 Å². The third kappa shape index (κ3) is 3.35. The number of carbonyl (C=O) groups excluding carboxylic acids is 3. The van der Waals surface area contributed by atoms with Crippen LogP contribution in [0.15, 0.2) is 91.0 Å². The number of non-ortho nitro benzene ring substituents is 1. The molecule has 3 aliphatic rings. The van der Waals surface area contributed by atoms with E-state index in [2.05, 4.69) is 0 Å². The van der Waals surface area contributed by atoms with Crippen molar-refractivity contribution in [2.24, 2.45) is 17.8 Å². The largest absolute Gasteiger partial charge is 0.425 e. The van der Waals surface area contributed by atoms with Crippen molar-refractivity contribution in [1.29, 1.82) is 0 Å². The van der Waals surface area contributed by atoms with E-state index in [1.807, 2.05) is 72.8 Å². The second kappa shape index (κ2) is 8.71. The van der Waals surface area contributed by atoms with Gasteiger partial charge in [0.15, 0.2) is 0 Å². The van der Waals surface area contributed by atoms with Crippen LogP contribution in [0.3, 0.4) is 0 Å². The van der Waals surface area contributed by atoms with Crippen molar-refractivity contribution >= 4 is 45.5 Å². The summed E-state index contributed by atoms with van der Waals surface area (Å²) in [5, 5.41) is 13.2. The third-order valence-corrected chi connectivity index (χ3v) is 8.31. The molecule has 2 amide bonds. The highest BCUT2D eigenvalue weighted by Crippen LogP contribution is 2.55. The first-order valence-corrected chi connectivity index (χ1v) is 13.0. The Kier molecular flexibility index (Phi) is 5.22. The summed E-state index contributed by atoms with van der Waals surface area (Å²) in [6.45, 7) is 1.69. The van der Waals surface area contributed by atoms with E-state index in [-0.39, 0.29) is 11.4 Å². The Morgan fingerprint density at radius 3 is 2.35 bits per heavy atom. The van der Waals surface area contributed by atoms with Crippen molar-refractivity contribution < 1.29 is 24.0 Å². The summed E-state index contributed by atoms with van der Waals surface area (Å²) >= 11 is 0. The van der Waals surface area contributed by atoms with Crippen LogP contribution in [0, 0.1) is 34.8 Å². The predicted octanol–water partition coefficient (Wildman–Crippen LogP) is 5.58. The molecule has 0 spiro atoms. The van der Waals surface area contributed by atoms with E-state index in [9.17, 15) is 24.5 Å². The zero-order chi connectivity index (χ0) is 27.7. The maximum absolute atomic E-state index is 14.2. The van der Waals surface area contributed by atoms with Gasteiger partial charge in [0, 0.05) is 29.0 Å². The number of fused-ring (bicyclic) bond motifs is 7. The molecule has 4 aromatic rings. The monoisotopic (exact) mass is 530 g/mol. The lowest BCUT2D eigenvalue weighted by Crippen LogP contribution is -2.42. The minimum Gasteiger partial charge on any atom is -0.425 e.